The molecule has 0 fully saturated rings. The summed E-state index contributed by atoms with van der Waals surface area (Å²) in [6, 6.07) is 2.70. The number of aromatic nitrogens is 2. The van der Waals surface area contributed by atoms with Crippen molar-refractivity contribution in [3.63, 3.8) is 0 Å². The summed E-state index contributed by atoms with van der Waals surface area (Å²) in [6.45, 7) is 6.38. The Morgan fingerprint density at radius 2 is 2.22 bits per heavy atom. The molecule has 3 N–H and O–H groups in total. The molecule has 0 saturated heterocycles. The van der Waals surface area contributed by atoms with Gasteiger partial charge in [0.1, 0.15) is 0 Å². The van der Waals surface area contributed by atoms with E-state index in [0.717, 1.165) is 25.0 Å². The summed E-state index contributed by atoms with van der Waals surface area (Å²) < 4.78 is 7.28. The zero-order chi connectivity index (χ0) is 13.5. The van der Waals surface area contributed by atoms with E-state index >= 15 is 0 Å². The van der Waals surface area contributed by atoms with Crippen LogP contribution in [-0.2, 0) is 11.2 Å². The largest absolute Gasteiger partial charge is 0.382 e. The van der Waals surface area contributed by atoms with Gasteiger partial charge in [-0.05, 0) is 32.8 Å². The summed E-state index contributed by atoms with van der Waals surface area (Å²) in [5.74, 6) is 5.58. The molecule has 0 amide bonds. The van der Waals surface area contributed by atoms with E-state index in [-0.39, 0.29) is 12.1 Å². The van der Waals surface area contributed by atoms with Gasteiger partial charge in [0.15, 0.2) is 0 Å². The second-order valence-corrected chi connectivity index (χ2v) is 4.89. The van der Waals surface area contributed by atoms with Crippen molar-refractivity contribution in [2.24, 2.45) is 5.84 Å². The first-order valence-electron chi connectivity index (χ1n) is 6.63. The third-order valence-corrected chi connectivity index (χ3v) is 3.42. The molecule has 3 atom stereocenters. The molecule has 5 nitrogen and oxygen atoms in total. The molecule has 0 aromatic carbocycles. The van der Waals surface area contributed by atoms with Gasteiger partial charge in [-0.3, -0.25) is 16.0 Å². The van der Waals surface area contributed by atoms with Crippen molar-refractivity contribution >= 4 is 0 Å². The van der Waals surface area contributed by atoms with Gasteiger partial charge in [0.05, 0.1) is 11.8 Å². The SMILES string of the molecule is CCC(C)n1ccc(CC(CC(C)OC)NN)n1. The average Bonchev–Trinajstić information content (AvgIpc) is 2.85. The van der Waals surface area contributed by atoms with Gasteiger partial charge in [0.25, 0.3) is 0 Å². The van der Waals surface area contributed by atoms with Crippen LogP contribution in [0.15, 0.2) is 12.3 Å². The second kappa shape index (κ2) is 7.51. The minimum Gasteiger partial charge on any atom is -0.382 e. The number of methoxy groups -OCH3 is 1. The molecule has 0 aliphatic rings. The predicted molar refractivity (Wildman–Crippen MR) is 73.1 cm³/mol. The van der Waals surface area contributed by atoms with Crippen LogP contribution in [0.5, 0.6) is 0 Å². The number of ether oxygens (including phenoxy) is 1. The van der Waals surface area contributed by atoms with E-state index in [2.05, 4.69) is 30.4 Å². The van der Waals surface area contributed by atoms with Crippen LogP contribution in [0.2, 0.25) is 0 Å². The minimum absolute atomic E-state index is 0.195. The second-order valence-electron chi connectivity index (χ2n) is 4.89. The lowest BCUT2D eigenvalue weighted by molar-refractivity contribution is 0.100. The van der Waals surface area contributed by atoms with E-state index in [1.807, 2.05) is 17.8 Å². The Kier molecular flexibility index (Phi) is 6.32. The third kappa shape index (κ3) is 4.40. The minimum atomic E-state index is 0.195. The van der Waals surface area contributed by atoms with Crippen molar-refractivity contribution in [1.29, 1.82) is 0 Å². The van der Waals surface area contributed by atoms with Crippen molar-refractivity contribution in [3.8, 4) is 0 Å². The molecule has 1 heterocycles. The molecular formula is C13H26N4O. The van der Waals surface area contributed by atoms with Gasteiger partial charge in [-0.15, -0.1) is 0 Å². The van der Waals surface area contributed by atoms with Gasteiger partial charge < -0.3 is 4.74 Å². The Bertz CT molecular complexity index is 339. The van der Waals surface area contributed by atoms with Crippen molar-refractivity contribution in [2.45, 2.75) is 58.2 Å². The summed E-state index contributed by atoms with van der Waals surface area (Å²) in [7, 11) is 1.72. The number of nitrogens with two attached hydrogens (primary N) is 1. The maximum absolute atomic E-state index is 5.58. The molecule has 1 rings (SSSR count). The summed E-state index contributed by atoms with van der Waals surface area (Å²) >= 11 is 0. The van der Waals surface area contributed by atoms with Crippen LogP contribution in [-0.4, -0.2) is 29.0 Å². The topological polar surface area (TPSA) is 65.1 Å². The fourth-order valence-electron chi connectivity index (χ4n) is 1.88. The monoisotopic (exact) mass is 254 g/mol. The molecule has 3 unspecified atom stereocenters. The number of hydrogen-bond donors (Lipinski definition) is 2. The first-order valence-corrected chi connectivity index (χ1v) is 6.63. The van der Waals surface area contributed by atoms with Gasteiger partial charge in [-0.1, -0.05) is 6.92 Å². The van der Waals surface area contributed by atoms with Crippen LogP contribution < -0.4 is 11.3 Å². The molecule has 0 spiro atoms. The first-order chi connectivity index (χ1) is 8.60. The van der Waals surface area contributed by atoms with Crippen molar-refractivity contribution in [1.82, 2.24) is 15.2 Å². The van der Waals surface area contributed by atoms with Crippen LogP contribution in [0, 0.1) is 0 Å². The number of nitrogens with one attached hydrogen (secondary N) is 1. The Labute approximate surface area is 110 Å². The van der Waals surface area contributed by atoms with Crippen molar-refractivity contribution in [2.75, 3.05) is 7.11 Å². The fourth-order valence-corrected chi connectivity index (χ4v) is 1.88. The van der Waals surface area contributed by atoms with Gasteiger partial charge in [-0.2, -0.15) is 5.10 Å². The van der Waals surface area contributed by atoms with Gasteiger partial charge >= 0.3 is 0 Å². The lowest BCUT2D eigenvalue weighted by Crippen LogP contribution is -2.39. The molecule has 104 valence electrons. The standard InChI is InChI=1S/C13H26N4O/c1-5-10(2)17-7-6-12(16-17)9-13(15-14)8-11(3)18-4/h6-7,10-11,13,15H,5,8-9,14H2,1-4H3. The van der Waals surface area contributed by atoms with Gasteiger partial charge in [0.2, 0.25) is 0 Å². The van der Waals surface area contributed by atoms with E-state index in [1.165, 1.54) is 0 Å². The summed E-state index contributed by atoms with van der Waals surface area (Å²) in [4.78, 5) is 0. The average molecular weight is 254 g/mol. The Hall–Kier alpha value is -0.910. The number of hydrogen-bond acceptors (Lipinski definition) is 4. The number of nitrogens with zero attached hydrogens (tertiary/aromatic N) is 2. The molecule has 5 heteroatoms. The lowest BCUT2D eigenvalue weighted by Gasteiger charge is -2.18. The van der Waals surface area contributed by atoms with E-state index in [0.29, 0.717) is 6.04 Å². The van der Waals surface area contributed by atoms with Crippen LogP contribution in [0.3, 0.4) is 0 Å². The quantitative estimate of drug-likeness (QED) is 0.547. The van der Waals surface area contributed by atoms with E-state index in [1.54, 1.807) is 7.11 Å². The Morgan fingerprint density at radius 3 is 2.78 bits per heavy atom. The molecule has 0 radical (unpaired) electrons. The van der Waals surface area contributed by atoms with E-state index in [4.69, 9.17) is 10.6 Å². The Morgan fingerprint density at radius 1 is 1.50 bits per heavy atom. The molecule has 1 aromatic heterocycles. The zero-order valence-corrected chi connectivity index (χ0v) is 11.9. The summed E-state index contributed by atoms with van der Waals surface area (Å²) in [5, 5.41) is 4.58. The van der Waals surface area contributed by atoms with Gasteiger partial charge in [0, 0.05) is 31.8 Å². The van der Waals surface area contributed by atoms with Gasteiger partial charge in [-0.25, -0.2) is 0 Å². The highest BCUT2D eigenvalue weighted by Gasteiger charge is 2.14. The molecule has 0 saturated carbocycles. The predicted octanol–water partition coefficient (Wildman–Crippen LogP) is 1.65. The highest BCUT2D eigenvalue weighted by molar-refractivity contribution is 5.02. The normalized spacial score (nSPS) is 16.5. The van der Waals surface area contributed by atoms with Crippen LogP contribution >= 0.6 is 0 Å². The summed E-state index contributed by atoms with van der Waals surface area (Å²) in [6.07, 6.45) is 5.02. The Balaban J connectivity index is 2.56. The third-order valence-electron chi connectivity index (χ3n) is 3.42. The van der Waals surface area contributed by atoms with Crippen LogP contribution in [0.25, 0.3) is 0 Å². The molecular weight excluding hydrogens is 228 g/mol. The van der Waals surface area contributed by atoms with Crippen molar-refractivity contribution in [3.05, 3.63) is 18.0 Å². The molecule has 18 heavy (non-hydrogen) atoms. The van der Waals surface area contributed by atoms with Crippen molar-refractivity contribution < 1.29 is 4.74 Å². The van der Waals surface area contributed by atoms with Crippen LogP contribution in [0.1, 0.15) is 45.3 Å². The highest BCUT2D eigenvalue weighted by Crippen LogP contribution is 2.12. The lowest BCUT2D eigenvalue weighted by atomic mass is 10.1. The smallest absolute Gasteiger partial charge is 0.0640 e. The summed E-state index contributed by atoms with van der Waals surface area (Å²) in [5.41, 5.74) is 3.91. The molecule has 0 bridgehead atoms. The molecule has 0 aliphatic heterocycles. The van der Waals surface area contributed by atoms with E-state index in [9.17, 15) is 0 Å². The molecule has 0 aliphatic carbocycles. The van der Waals surface area contributed by atoms with E-state index < -0.39 is 0 Å². The first kappa shape index (κ1) is 15.1. The van der Waals surface area contributed by atoms with Crippen LogP contribution in [0.4, 0.5) is 0 Å². The highest BCUT2D eigenvalue weighted by atomic mass is 16.5. The maximum atomic E-state index is 5.58. The maximum Gasteiger partial charge on any atom is 0.0640 e. The number of hydrazine groups is 1. The fraction of sp³-hybridized carbons (Fsp3) is 0.769. The zero-order valence-electron chi connectivity index (χ0n) is 11.9. The number of rotatable bonds is 8. The molecule has 1 aromatic rings.